The molecule has 2 aliphatic rings. The summed E-state index contributed by atoms with van der Waals surface area (Å²) in [5.74, 6) is 0.950. The SMILES string of the molecule is C=C(C(=O)OCCBr)[C@@H]1CC[C@H](C)[C@@H]2CC(=O)C(C)=C2C1. The van der Waals surface area contributed by atoms with E-state index in [0.717, 1.165) is 24.8 Å². The number of hydrogen-bond donors (Lipinski definition) is 0. The average molecular weight is 355 g/mol. The highest BCUT2D eigenvalue weighted by molar-refractivity contribution is 9.09. The molecule has 0 aromatic rings. The summed E-state index contributed by atoms with van der Waals surface area (Å²) >= 11 is 3.24. The Hall–Kier alpha value is -0.900. The summed E-state index contributed by atoms with van der Waals surface area (Å²) in [4.78, 5) is 24.0. The molecule has 3 atom stereocenters. The minimum absolute atomic E-state index is 0.108. The lowest BCUT2D eigenvalue weighted by atomic mass is 9.86. The van der Waals surface area contributed by atoms with Crippen LogP contribution in [0, 0.1) is 17.8 Å². The Balaban J connectivity index is 2.14. The fourth-order valence-electron chi connectivity index (χ4n) is 3.50. The lowest BCUT2D eigenvalue weighted by Crippen LogP contribution is -2.16. The van der Waals surface area contributed by atoms with Gasteiger partial charge in [0, 0.05) is 17.3 Å². The predicted octanol–water partition coefficient (Wildman–Crippen LogP) is 3.82. The van der Waals surface area contributed by atoms with Gasteiger partial charge >= 0.3 is 5.97 Å². The molecule has 3 nitrogen and oxygen atoms in total. The number of Topliss-reactive ketones (excluding diaryl/α,β-unsaturated/α-hetero) is 1. The third-order valence-electron chi connectivity index (χ3n) is 4.94. The number of ether oxygens (including phenoxy) is 1. The smallest absolute Gasteiger partial charge is 0.333 e. The van der Waals surface area contributed by atoms with Crippen molar-refractivity contribution in [2.45, 2.75) is 39.5 Å². The van der Waals surface area contributed by atoms with Crippen molar-refractivity contribution in [3.8, 4) is 0 Å². The van der Waals surface area contributed by atoms with Gasteiger partial charge in [0.25, 0.3) is 0 Å². The minimum atomic E-state index is -0.298. The first-order valence-electron chi connectivity index (χ1n) is 7.60. The van der Waals surface area contributed by atoms with Crippen molar-refractivity contribution in [2.24, 2.45) is 17.8 Å². The summed E-state index contributed by atoms with van der Waals surface area (Å²) in [5.41, 5.74) is 2.73. The summed E-state index contributed by atoms with van der Waals surface area (Å²) in [6.07, 6.45) is 3.42. The molecule has 0 aromatic carbocycles. The zero-order chi connectivity index (χ0) is 15.6. The number of rotatable bonds is 4. The van der Waals surface area contributed by atoms with E-state index in [-0.39, 0.29) is 17.7 Å². The molecular formula is C17H23BrO3. The number of halogens is 1. The van der Waals surface area contributed by atoms with E-state index >= 15 is 0 Å². The maximum atomic E-state index is 12.0. The second kappa shape index (κ2) is 6.91. The Morgan fingerprint density at radius 2 is 2.10 bits per heavy atom. The third-order valence-corrected chi connectivity index (χ3v) is 5.27. The van der Waals surface area contributed by atoms with Crippen LogP contribution in [-0.4, -0.2) is 23.7 Å². The van der Waals surface area contributed by atoms with Crippen LogP contribution in [0.15, 0.2) is 23.3 Å². The highest BCUT2D eigenvalue weighted by atomic mass is 79.9. The topological polar surface area (TPSA) is 43.4 Å². The Kier molecular flexibility index (Phi) is 5.42. The van der Waals surface area contributed by atoms with Crippen molar-refractivity contribution in [3.05, 3.63) is 23.3 Å². The molecule has 0 heterocycles. The van der Waals surface area contributed by atoms with E-state index in [1.54, 1.807) is 0 Å². The average Bonchev–Trinajstić information content (AvgIpc) is 2.65. The largest absolute Gasteiger partial charge is 0.461 e. The van der Waals surface area contributed by atoms with Gasteiger partial charge in [0.15, 0.2) is 5.78 Å². The normalized spacial score (nSPS) is 29.1. The molecule has 2 aliphatic carbocycles. The van der Waals surface area contributed by atoms with Gasteiger partial charge in [-0.15, -0.1) is 0 Å². The van der Waals surface area contributed by atoms with E-state index in [0.29, 0.717) is 35.8 Å². The van der Waals surface area contributed by atoms with Crippen LogP contribution in [0.3, 0.4) is 0 Å². The maximum absolute atomic E-state index is 12.0. The first kappa shape index (κ1) is 16.5. The highest BCUT2D eigenvalue weighted by Crippen LogP contribution is 2.45. The number of fused-ring (bicyclic) bond motifs is 1. The van der Waals surface area contributed by atoms with Crippen LogP contribution in [0.1, 0.15) is 39.5 Å². The molecule has 4 heteroatoms. The Bertz CT molecular complexity index is 492. The van der Waals surface area contributed by atoms with Gasteiger partial charge < -0.3 is 4.74 Å². The van der Waals surface area contributed by atoms with Gasteiger partial charge in [0.05, 0.1) is 0 Å². The first-order chi connectivity index (χ1) is 9.95. The predicted molar refractivity (Wildman–Crippen MR) is 86.2 cm³/mol. The standard InChI is InChI=1S/C17H23BrO3/c1-10-4-5-13(11(2)17(20)21-7-6-18)8-15-12(3)16(19)9-14(10)15/h10,13-14H,2,4-9H2,1,3H3/t10-,13+,14-/m0/s1. The molecule has 1 saturated carbocycles. The molecule has 0 aliphatic heterocycles. The van der Waals surface area contributed by atoms with Crippen LogP contribution in [0.4, 0.5) is 0 Å². The van der Waals surface area contributed by atoms with Gasteiger partial charge in [-0.05, 0) is 49.5 Å². The van der Waals surface area contributed by atoms with Crippen molar-refractivity contribution in [1.82, 2.24) is 0 Å². The lowest BCUT2D eigenvalue weighted by molar-refractivity contribution is -0.139. The molecule has 1 fully saturated rings. The maximum Gasteiger partial charge on any atom is 0.333 e. The van der Waals surface area contributed by atoms with Crippen molar-refractivity contribution < 1.29 is 14.3 Å². The molecule has 0 unspecified atom stereocenters. The fourth-order valence-corrected chi connectivity index (χ4v) is 3.67. The number of hydrogen-bond acceptors (Lipinski definition) is 3. The Morgan fingerprint density at radius 1 is 1.38 bits per heavy atom. The quantitative estimate of drug-likeness (QED) is 0.437. The molecule has 0 radical (unpaired) electrons. The third kappa shape index (κ3) is 3.47. The molecule has 0 saturated heterocycles. The lowest BCUT2D eigenvalue weighted by Gasteiger charge is -2.18. The second-order valence-corrected chi connectivity index (χ2v) is 6.98. The van der Waals surface area contributed by atoms with E-state index in [2.05, 4.69) is 29.4 Å². The summed E-state index contributed by atoms with van der Waals surface area (Å²) in [6.45, 7) is 8.47. The molecule has 21 heavy (non-hydrogen) atoms. The molecule has 0 N–H and O–H groups in total. The Morgan fingerprint density at radius 3 is 2.76 bits per heavy atom. The zero-order valence-corrected chi connectivity index (χ0v) is 14.4. The van der Waals surface area contributed by atoms with Gasteiger partial charge in [-0.25, -0.2) is 4.79 Å². The van der Waals surface area contributed by atoms with E-state index in [1.165, 1.54) is 5.57 Å². The van der Waals surface area contributed by atoms with Crippen LogP contribution in [-0.2, 0) is 14.3 Å². The van der Waals surface area contributed by atoms with Crippen LogP contribution >= 0.6 is 15.9 Å². The number of ketones is 1. The number of carbonyl (C=O) groups excluding carboxylic acids is 2. The minimum Gasteiger partial charge on any atom is -0.461 e. The molecular weight excluding hydrogens is 332 g/mol. The van der Waals surface area contributed by atoms with Gasteiger partial charge in [0.1, 0.15) is 6.61 Å². The number of esters is 1. The van der Waals surface area contributed by atoms with Gasteiger partial charge in [-0.2, -0.15) is 0 Å². The summed E-state index contributed by atoms with van der Waals surface area (Å²) in [5, 5.41) is 0.633. The van der Waals surface area contributed by atoms with Crippen molar-refractivity contribution in [2.75, 3.05) is 11.9 Å². The molecule has 0 bridgehead atoms. The van der Waals surface area contributed by atoms with Crippen molar-refractivity contribution in [3.63, 3.8) is 0 Å². The molecule has 2 rings (SSSR count). The van der Waals surface area contributed by atoms with Crippen molar-refractivity contribution >= 4 is 27.7 Å². The first-order valence-corrected chi connectivity index (χ1v) is 8.72. The number of allylic oxidation sites excluding steroid dienone is 2. The zero-order valence-electron chi connectivity index (χ0n) is 12.8. The van der Waals surface area contributed by atoms with E-state index in [4.69, 9.17) is 4.74 Å². The monoisotopic (exact) mass is 354 g/mol. The highest BCUT2D eigenvalue weighted by Gasteiger charge is 2.38. The number of alkyl halides is 1. The van der Waals surface area contributed by atoms with Crippen LogP contribution in [0.2, 0.25) is 0 Å². The van der Waals surface area contributed by atoms with Crippen LogP contribution in [0.5, 0.6) is 0 Å². The summed E-state index contributed by atoms with van der Waals surface area (Å²) < 4.78 is 5.16. The van der Waals surface area contributed by atoms with E-state index in [9.17, 15) is 9.59 Å². The van der Waals surface area contributed by atoms with E-state index < -0.39 is 0 Å². The fraction of sp³-hybridized carbons (Fsp3) is 0.647. The number of carbonyl (C=O) groups is 2. The summed E-state index contributed by atoms with van der Waals surface area (Å²) in [7, 11) is 0. The summed E-state index contributed by atoms with van der Waals surface area (Å²) in [6, 6.07) is 0. The van der Waals surface area contributed by atoms with Gasteiger partial charge in [-0.1, -0.05) is 35.0 Å². The molecule has 0 aromatic heterocycles. The van der Waals surface area contributed by atoms with Gasteiger partial charge in [0.2, 0.25) is 0 Å². The molecule has 116 valence electrons. The van der Waals surface area contributed by atoms with Gasteiger partial charge in [-0.3, -0.25) is 4.79 Å². The van der Waals surface area contributed by atoms with Crippen LogP contribution < -0.4 is 0 Å². The molecule has 0 amide bonds. The second-order valence-electron chi connectivity index (χ2n) is 6.19. The van der Waals surface area contributed by atoms with Crippen LogP contribution in [0.25, 0.3) is 0 Å². The Labute approximate surface area is 134 Å². The van der Waals surface area contributed by atoms with E-state index in [1.807, 2.05) is 6.92 Å². The molecule has 0 spiro atoms. The van der Waals surface area contributed by atoms with Crippen molar-refractivity contribution in [1.29, 1.82) is 0 Å².